The van der Waals surface area contributed by atoms with Crippen molar-refractivity contribution in [3.63, 3.8) is 0 Å². The molecule has 0 bridgehead atoms. The van der Waals surface area contributed by atoms with Crippen molar-refractivity contribution < 1.29 is 9.53 Å². The average Bonchev–Trinajstić information content (AvgIpc) is 3.06. The topological polar surface area (TPSA) is 108 Å². The van der Waals surface area contributed by atoms with E-state index in [1.807, 2.05) is 18.2 Å². The van der Waals surface area contributed by atoms with Gasteiger partial charge in [-0.3, -0.25) is 18.7 Å². The highest BCUT2D eigenvalue weighted by atomic mass is 16.5. The van der Waals surface area contributed by atoms with Gasteiger partial charge < -0.3 is 15.8 Å². The van der Waals surface area contributed by atoms with E-state index in [4.69, 9.17) is 10.5 Å². The normalized spacial score (nSPS) is 13.9. The number of ketones is 1. The summed E-state index contributed by atoms with van der Waals surface area (Å²) in [5.74, 6) is 0.250. The monoisotopic (exact) mass is 344 g/mol. The summed E-state index contributed by atoms with van der Waals surface area (Å²) in [5.41, 5.74) is 6.22. The smallest absolute Gasteiger partial charge is 0.332 e. The van der Waals surface area contributed by atoms with E-state index in [-0.39, 0.29) is 11.4 Å². The third-order valence-corrected chi connectivity index (χ3v) is 4.42. The Morgan fingerprint density at radius 1 is 1.28 bits per heavy atom. The largest absolute Gasteiger partial charge is 0.493 e. The molecule has 0 radical (unpaired) electrons. The second-order valence-corrected chi connectivity index (χ2v) is 6.12. The first kappa shape index (κ1) is 16.8. The summed E-state index contributed by atoms with van der Waals surface area (Å²) < 4.78 is 7.43. The lowest BCUT2D eigenvalue weighted by molar-refractivity contribution is 0.0973. The van der Waals surface area contributed by atoms with E-state index in [1.54, 1.807) is 6.92 Å². The van der Waals surface area contributed by atoms with Gasteiger partial charge in [0, 0.05) is 26.2 Å². The molecule has 2 aromatic rings. The fourth-order valence-corrected chi connectivity index (χ4v) is 2.90. The van der Waals surface area contributed by atoms with Crippen LogP contribution in [0.4, 0.5) is 11.5 Å². The van der Waals surface area contributed by atoms with E-state index in [9.17, 15) is 14.4 Å². The van der Waals surface area contributed by atoms with Gasteiger partial charge in [0.15, 0.2) is 5.78 Å². The van der Waals surface area contributed by atoms with Crippen molar-refractivity contribution in [1.82, 2.24) is 9.13 Å². The molecular formula is C17H20N4O4. The summed E-state index contributed by atoms with van der Waals surface area (Å²) in [4.78, 5) is 36.9. The van der Waals surface area contributed by atoms with Gasteiger partial charge >= 0.3 is 5.69 Å². The maximum atomic E-state index is 12.7. The van der Waals surface area contributed by atoms with Gasteiger partial charge in [0.1, 0.15) is 17.1 Å². The van der Waals surface area contributed by atoms with Crippen molar-refractivity contribution in [1.29, 1.82) is 0 Å². The van der Waals surface area contributed by atoms with Gasteiger partial charge in [0.2, 0.25) is 0 Å². The third kappa shape index (κ3) is 2.79. The van der Waals surface area contributed by atoms with Crippen molar-refractivity contribution in [2.45, 2.75) is 19.4 Å². The molecule has 1 aromatic carbocycles. The number of benzene rings is 1. The molecule has 0 spiro atoms. The maximum absolute atomic E-state index is 12.7. The number of nitrogens with one attached hydrogen (secondary N) is 1. The van der Waals surface area contributed by atoms with Gasteiger partial charge in [0.25, 0.3) is 5.56 Å². The number of carbonyl (C=O) groups is 1. The van der Waals surface area contributed by atoms with Gasteiger partial charge in [-0.25, -0.2) is 4.79 Å². The molecule has 0 saturated carbocycles. The molecule has 0 fully saturated rings. The second kappa shape index (κ2) is 6.12. The predicted molar refractivity (Wildman–Crippen MR) is 94.4 cm³/mol. The van der Waals surface area contributed by atoms with Gasteiger partial charge in [-0.05, 0) is 30.7 Å². The van der Waals surface area contributed by atoms with Crippen LogP contribution < -0.4 is 27.0 Å². The predicted octanol–water partition coefficient (Wildman–Crippen LogP) is 0.284. The first-order valence-electron chi connectivity index (χ1n) is 7.93. The molecule has 0 aliphatic carbocycles. The Labute approximate surface area is 143 Å². The van der Waals surface area contributed by atoms with E-state index in [0.717, 1.165) is 32.6 Å². The zero-order chi connectivity index (χ0) is 18.3. The molecular weight excluding hydrogens is 324 g/mol. The number of nitrogen functional groups attached to an aromatic ring is 1. The number of ether oxygens (including phenoxy) is 1. The van der Waals surface area contributed by atoms with Crippen LogP contribution in [0.3, 0.4) is 0 Å². The summed E-state index contributed by atoms with van der Waals surface area (Å²) in [6.07, 6.45) is 0.821. The summed E-state index contributed by atoms with van der Waals surface area (Å²) in [6, 6.07) is 4.90. The lowest BCUT2D eigenvalue weighted by Gasteiger charge is -2.17. The standard InChI is InChI=1S/C17H20N4O4/c1-9(19-11-4-5-12-10(8-11)6-7-25-12)14(22)13-15(18)20(2)17(24)21(3)16(13)23/h4-5,8-9,19H,6-7,18H2,1-3H3/t9-/m1/s1. The number of carbonyl (C=O) groups excluding carboxylic acids is 1. The molecule has 0 amide bonds. The second-order valence-electron chi connectivity index (χ2n) is 6.12. The number of rotatable bonds is 4. The fourth-order valence-electron chi connectivity index (χ4n) is 2.90. The minimum atomic E-state index is -0.693. The van der Waals surface area contributed by atoms with Crippen molar-refractivity contribution >= 4 is 17.3 Å². The van der Waals surface area contributed by atoms with Crippen molar-refractivity contribution in [2.75, 3.05) is 17.7 Å². The molecule has 0 unspecified atom stereocenters. The highest BCUT2D eigenvalue weighted by Gasteiger charge is 2.25. The summed E-state index contributed by atoms with van der Waals surface area (Å²) in [7, 11) is 2.74. The highest BCUT2D eigenvalue weighted by molar-refractivity contribution is 6.04. The Morgan fingerprint density at radius 3 is 2.72 bits per heavy atom. The first-order chi connectivity index (χ1) is 11.8. The molecule has 8 heteroatoms. The minimum absolute atomic E-state index is 0.130. The Bertz CT molecular complexity index is 974. The number of aromatic nitrogens is 2. The van der Waals surface area contributed by atoms with Crippen LogP contribution in [-0.2, 0) is 20.5 Å². The number of anilines is 2. The van der Waals surface area contributed by atoms with Crippen molar-refractivity contribution in [3.05, 3.63) is 50.2 Å². The summed E-state index contributed by atoms with van der Waals surface area (Å²) in [5, 5.41) is 3.08. The lowest BCUT2D eigenvalue weighted by atomic mass is 10.1. The van der Waals surface area contributed by atoms with Gasteiger partial charge in [-0.1, -0.05) is 0 Å². The average molecular weight is 344 g/mol. The fraction of sp³-hybridized carbons (Fsp3) is 0.353. The zero-order valence-corrected chi connectivity index (χ0v) is 14.3. The van der Waals surface area contributed by atoms with E-state index in [2.05, 4.69) is 5.32 Å². The van der Waals surface area contributed by atoms with Crippen LogP contribution in [-0.4, -0.2) is 27.6 Å². The molecule has 3 N–H and O–H groups in total. The Balaban J connectivity index is 1.91. The molecule has 132 valence electrons. The quantitative estimate of drug-likeness (QED) is 0.772. The Morgan fingerprint density at radius 2 is 2.00 bits per heavy atom. The van der Waals surface area contributed by atoms with Gasteiger partial charge in [-0.15, -0.1) is 0 Å². The molecule has 1 atom stereocenters. The van der Waals surface area contributed by atoms with Crippen LogP contribution in [0.25, 0.3) is 0 Å². The molecule has 1 aliphatic heterocycles. The Hall–Kier alpha value is -3.03. The van der Waals surface area contributed by atoms with E-state index in [0.29, 0.717) is 6.61 Å². The molecule has 3 rings (SSSR count). The molecule has 0 saturated heterocycles. The molecule has 1 aromatic heterocycles. The molecule has 8 nitrogen and oxygen atoms in total. The molecule has 2 heterocycles. The minimum Gasteiger partial charge on any atom is -0.493 e. The van der Waals surface area contributed by atoms with Crippen molar-refractivity contribution in [2.24, 2.45) is 14.1 Å². The number of hydrogen-bond donors (Lipinski definition) is 2. The van der Waals surface area contributed by atoms with E-state index < -0.39 is 23.1 Å². The number of nitrogens with two attached hydrogens (primary N) is 1. The number of Topliss-reactive ketones (excluding diaryl/α,β-unsaturated/α-hetero) is 1. The highest BCUT2D eigenvalue weighted by Crippen LogP contribution is 2.28. The van der Waals surface area contributed by atoms with Crippen LogP contribution in [0, 0.1) is 0 Å². The molecule has 1 aliphatic rings. The Kier molecular flexibility index (Phi) is 4.12. The SMILES string of the molecule is C[C@@H](Nc1ccc2c(c1)CCO2)C(=O)c1c(N)n(C)c(=O)n(C)c1=O. The van der Waals surface area contributed by atoms with E-state index in [1.165, 1.54) is 14.1 Å². The maximum Gasteiger partial charge on any atom is 0.332 e. The van der Waals surface area contributed by atoms with Gasteiger partial charge in [0.05, 0.1) is 12.6 Å². The zero-order valence-electron chi connectivity index (χ0n) is 14.3. The first-order valence-corrected chi connectivity index (χ1v) is 7.93. The van der Waals surface area contributed by atoms with Crippen LogP contribution in [0.5, 0.6) is 5.75 Å². The van der Waals surface area contributed by atoms with Crippen LogP contribution >= 0.6 is 0 Å². The van der Waals surface area contributed by atoms with Crippen LogP contribution in [0.15, 0.2) is 27.8 Å². The lowest BCUT2D eigenvalue weighted by Crippen LogP contribution is -2.43. The number of hydrogen-bond acceptors (Lipinski definition) is 6. The van der Waals surface area contributed by atoms with Crippen LogP contribution in [0.2, 0.25) is 0 Å². The van der Waals surface area contributed by atoms with Crippen LogP contribution in [0.1, 0.15) is 22.8 Å². The number of fused-ring (bicyclic) bond motifs is 1. The van der Waals surface area contributed by atoms with Gasteiger partial charge in [-0.2, -0.15) is 0 Å². The third-order valence-electron chi connectivity index (χ3n) is 4.42. The van der Waals surface area contributed by atoms with Crippen molar-refractivity contribution in [3.8, 4) is 5.75 Å². The summed E-state index contributed by atoms with van der Waals surface area (Å²) >= 11 is 0. The van der Waals surface area contributed by atoms with E-state index >= 15 is 0 Å². The molecule has 25 heavy (non-hydrogen) atoms. The number of nitrogens with zero attached hydrogens (tertiary/aromatic N) is 2. The summed E-state index contributed by atoms with van der Waals surface area (Å²) in [6.45, 7) is 2.30.